The first-order chi connectivity index (χ1) is 24.2. The average molecular weight is 678 g/mol. The van der Waals surface area contributed by atoms with Crippen LogP contribution in [0.4, 0.5) is 28.7 Å². The van der Waals surface area contributed by atoms with Crippen LogP contribution < -0.4 is 31.1 Å². The molecule has 8 rings (SSSR count). The summed E-state index contributed by atoms with van der Waals surface area (Å²) in [5.41, 5.74) is 9.16. The number of carbonyl (C=O) groups excluding carboxylic acids is 5. The standard InChI is InChI=1S/C36H39N9O5/c37-31(47)30-32(40-28(18-38-30)42-14-2-1-3-15-42)39-22-5-7-23(8-6-22)43-16-4-13-36(19-43)20-44(21-36)24-9-10-25-26(17-24)35(50)45(34(25)49)27-11-12-29(46)41-33(27)48/h5-10,17-18,27H,1-4,11-16,19-21H2,(H2,37,47)(H,39,40)(H,41,46,48). The number of nitrogens with two attached hydrogens (primary N) is 1. The lowest BCUT2D eigenvalue weighted by Gasteiger charge is -2.56. The zero-order chi connectivity index (χ0) is 34.6. The second-order valence-corrected chi connectivity index (χ2v) is 14.1. The smallest absolute Gasteiger partial charge is 0.271 e. The van der Waals surface area contributed by atoms with Gasteiger partial charge in [-0.05, 0) is 81.0 Å². The molecule has 0 aliphatic carbocycles. The molecule has 258 valence electrons. The number of primary amides is 1. The Morgan fingerprint density at radius 3 is 2.28 bits per heavy atom. The van der Waals surface area contributed by atoms with Crippen molar-refractivity contribution in [2.45, 2.75) is 51.0 Å². The summed E-state index contributed by atoms with van der Waals surface area (Å²) >= 11 is 0. The molecule has 0 saturated carbocycles. The van der Waals surface area contributed by atoms with E-state index in [1.165, 1.54) is 6.42 Å². The van der Waals surface area contributed by atoms with E-state index in [4.69, 9.17) is 10.7 Å². The summed E-state index contributed by atoms with van der Waals surface area (Å²) in [5.74, 6) is -1.56. The van der Waals surface area contributed by atoms with E-state index in [0.29, 0.717) is 11.4 Å². The van der Waals surface area contributed by atoms with Crippen LogP contribution in [0.1, 0.15) is 76.2 Å². The van der Waals surface area contributed by atoms with E-state index >= 15 is 0 Å². The Balaban J connectivity index is 0.920. The van der Waals surface area contributed by atoms with Crippen LogP contribution >= 0.6 is 0 Å². The van der Waals surface area contributed by atoms with Crippen molar-refractivity contribution in [3.8, 4) is 0 Å². The molecule has 1 spiro atoms. The number of aromatic nitrogens is 2. The van der Waals surface area contributed by atoms with Crippen molar-refractivity contribution in [2.24, 2.45) is 11.1 Å². The highest BCUT2D eigenvalue weighted by Crippen LogP contribution is 2.43. The summed E-state index contributed by atoms with van der Waals surface area (Å²) in [4.78, 5) is 79.6. The van der Waals surface area contributed by atoms with Gasteiger partial charge >= 0.3 is 0 Å². The number of benzene rings is 2. The molecule has 2 aromatic carbocycles. The summed E-state index contributed by atoms with van der Waals surface area (Å²) in [6.45, 7) is 5.29. The Morgan fingerprint density at radius 1 is 0.840 bits per heavy atom. The Labute approximate surface area is 289 Å². The number of hydrogen-bond donors (Lipinski definition) is 3. The lowest BCUT2D eigenvalue weighted by atomic mass is 9.73. The van der Waals surface area contributed by atoms with E-state index in [1.54, 1.807) is 18.3 Å². The van der Waals surface area contributed by atoms with Gasteiger partial charge in [0.05, 0.1) is 17.3 Å². The van der Waals surface area contributed by atoms with E-state index in [1.807, 2.05) is 18.2 Å². The number of nitrogens with one attached hydrogen (secondary N) is 2. The molecule has 5 aliphatic rings. The zero-order valence-electron chi connectivity index (χ0n) is 27.7. The number of anilines is 5. The second kappa shape index (κ2) is 12.4. The third-order valence-corrected chi connectivity index (χ3v) is 10.7. The Hall–Kier alpha value is -5.53. The molecule has 4 N–H and O–H groups in total. The Morgan fingerprint density at radius 2 is 1.54 bits per heavy atom. The van der Waals surface area contributed by atoms with Gasteiger partial charge in [-0.1, -0.05) is 0 Å². The first kappa shape index (κ1) is 31.7. The number of piperidine rings is 3. The van der Waals surface area contributed by atoms with Crippen molar-refractivity contribution in [3.63, 3.8) is 0 Å². The molecule has 6 heterocycles. The predicted octanol–water partition coefficient (Wildman–Crippen LogP) is 2.82. The Bertz CT molecular complexity index is 1900. The van der Waals surface area contributed by atoms with E-state index in [0.717, 1.165) is 92.7 Å². The van der Waals surface area contributed by atoms with Crippen molar-refractivity contribution in [1.82, 2.24) is 20.2 Å². The number of amides is 5. The molecule has 5 amide bonds. The quantitative estimate of drug-likeness (QED) is 0.314. The van der Waals surface area contributed by atoms with Gasteiger partial charge in [0.1, 0.15) is 11.9 Å². The fourth-order valence-corrected chi connectivity index (χ4v) is 8.10. The Kier molecular flexibility index (Phi) is 7.88. The maximum Gasteiger partial charge on any atom is 0.271 e. The highest BCUT2D eigenvalue weighted by atomic mass is 16.2. The number of nitrogens with zero attached hydrogens (tertiary/aromatic N) is 6. The molecule has 1 unspecified atom stereocenters. The summed E-state index contributed by atoms with van der Waals surface area (Å²) in [6, 6.07) is 12.4. The number of rotatable bonds is 7. The average Bonchev–Trinajstić information content (AvgIpc) is 3.36. The summed E-state index contributed by atoms with van der Waals surface area (Å²) in [5, 5.41) is 5.51. The summed E-state index contributed by atoms with van der Waals surface area (Å²) in [6.07, 6.45) is 7.38. The first-order valence-corrected chi connectivity index (χ1v) is 17.3. The topological polar surface area (TPSA) is 174 Å². The maximum absolute atomic E-state index is 13.3. The summed E-state index contributed by atoms with van der Waals surface area (Å²) < 4.78 is 0. The predicted molar refractivity (Wildman–Crippen MR) is 186 cm³/mol. The number of imide groups is 2. The van der Waals surface area contributed by atoms with Crippen LogP contribution in [0.2, 0.25) is 0 Å². The molecular weight excluding hydrogens is 638 g/mol. The van der Waals surface area contributed by atoms with Crippen LogP contribution in [0.5, 0.6) is 0 Å². The SMILES string of the molecule is NC(=O)c1ncc(N2CCCCC2)nc1Nc1ccc(N2CCCC3(C2)CN(c2ccc4c(c2)C(=O)N(C2CCC(=O)NC2=O)C4=O)C3)cc1. The van der Waals surface area contributed by atoms with Gasteiger partial charge in [-0.15, -0.1) is 0 Å². The minimum absolute atomic E-state index is 0.0867. The fraction of sp³-hybridized carbons (Fsp3) is 0.417. The van der Waals surface area contributed by atoms with Gasteiger partial charge in [-0.25, -0.2) is 9.97 Å². The van der Waals surface area contributed by atoms with Crippen molar-refractivity contribution in [3.05, 3.63) is 65.5 Å². The molecule has 4 saturated heterocycles. The second-order valence-electron chi connectivity index (χ2n) is 14.1. The van der Waals surface area contributed by atoms with Crippen LogP contribution in [0.3, 0.4) is 0 Å². The van der Waals surface area contributed by atoms with Crippen molar-refractivity contribution in [1.29, 1.82) is 0 Å². The number of fused-ring (bicyclic) bond motifs is 1. The highest BCUT2D eigenvalue weighted by molar-refractivity contribution is 6.23. The minimum Gasteiger partial charge on any atom is -0.371 e. The number of hydrogen-bond acceptors (Lipinski definition) is 11. The van der Waals surface area contributed by atoms with E-state index in [2.05, 4.69) is 42.5 Å². The van der Waals surface area contributed by atoms with Crippen molar-refractivity contribution < 1.29 is 24.0 Å². The third kappa shape index (κ3) is 5.67. The van der Waals surface area contributed by atoms with Gasteiger partial charge in [0.2, 0.25) is 11.8 Å². The van der Waals surface area contributed by atoms with Gasteiger partial charge in [0.25, 0.3) is 17.7 Å². The lowest BCUT2D eigenvalue weighted by molar-refractivity contribution is -0.136. The maximum atomic E-state index is 13.3. The third-order valence-electron chi connectivity index (χ3n) is 10.7. The molecular formula is C36H39N9O5. The van der Waals surface area contributed by atoms with Gasteiger partial charge in [0.15, 0.2) is 11.5 Å². The van der Waals surface area contributed by atoms with E-state index in [-0.39, 0.29) is 29.5 Å². The molecule has 50 heavy (non-hydrogen) atoms. The molecule has 0 bridgehead atoms. The van der Waals surface area contributed by atoms with Gasteiger partial charge in [-0.3, -0.25) is 34.2 Å². The lowest BCUT2D eigenvalue weighted by Crippen LogP contribution is -2.63. The van der Waals surface area contributed by atoms with Crippen LogP contribution in [-0.2, 0) is 9.59 Å². The molecule has 1 atom stereocenters. The normalized spacial score (nSPS) is 21.6. The van der Waals surface area contributed by atoms with Crippen molar-refractivity contribution >= 4 is 58.2 Å². The molecule has 3 aromatic rings. The molecule has 14 heteroatoms. The van der Waals surface area contributed by atoms with Gasteiger partial charge < -0.3 is 25.8 Å². The molecule has 1 aromatic heterocycles. The van der Waals surface area contributed by atoms with Crippen LogP contribution in [0.25, 0.3) is 0 Å². The van der Waals surface area contributed by atoms with Crippen LogP contribution in [0.15, 0.2) is 48.7 Å². The largest absolute Gasteiger partial charge is 0.371 e. The minimum atomic E-state index is -0.981. The first-order valence-electron chi connectivity index (χ1n) is 17.3. The van der Waals surface area contributed by atoms with Gasteiger partial charge in [-0.2, -0.15) is 0 Å². The fourth-order valence-electron chi connectivity index (χ4n) is 8.10. The van der Waals surface area contributed by atoms with Gasteiger partial charge in [0, 0.05) is 68.2 Å². The van der Waals surface area contributed by atoms with Crippen LogP contribution in [-0.4, -0.2) is 89.7 Å². The van der Waals surface area contributed by atoms with E-state index < -0.39 is 35.6 Å². The number of carbonyl (C=O) groups is 5. The molecule has 4 fully saturated rings. The molecule has 14 nitrogen and oxygen atoms in total. The zero-order valence-corrected chi connectivity index (χ0v) is 27.7. The van der Waals surface area contributed by atoms with E-state index in [9.17, 15) is 24.0 Å². The molecule has 5 aliphatic heterocycles. The monoisotopic (exact) mass is 677 g/mol. The summed E-state index contributed by atoms with van der Waals surface area (Å²) in [7, 11) is 0. The highest BCUT2D eigenvalue weighted by Gasteiger charge is 2.48. The van der Waals surface area contributed by atoms with Crippen LogP contribution in [0, 0.1) is 5.41 Å². The van der Waals surface area contributed by atoms with Crippen molar-refractivity contribution in [2.75, 3.05) is 59.3 Å². The molecule has 0 radical (unpaired) electrons.